The van der Waals surface area contributed by atoms with Crippen LogP contribution < -0.4 is 0 Å². The molecule has 0 aromatic heterocycles. The summed E-state index contributed by atoms with van der Waals surface area (Å²) in [5.74, 6) is 0. The van der Waals surface area contributed by atoms with Crippen molar-refractivity contribution >= 4 is 36.9 Å². The van der Waals surface area contributed by atoms with Gasteiger partial charge in [-0.25, -0.2) is 0 Å². The number of allylic oxidation sites excluding steroid dienone is 1. The molecule has 11 heavy (non-hydrogen) atoms. The Morgan fingerprint density at radius 1 is 1.36 bits per heavy atom. The molecule has 0 saturated heterocycles. The second kappa shape index (κ2) is 9.10. The number of hydrogen-bond acceptors (Lipinski definition) is 0. The Kier molecular flexibility index (Phi) is 9.94. The van der Waals surface area contributed by atoms with Crippen LogP contribution in [0.3, 0.4) is 0 Å². The Bertz CT molecular complexity index is 110. The quantitative estimate of drug-likeness (QED) is 0.510. The van der Waals surface area contributed by atoms with E-state index in [9.17, 15) is 0 Å². The first-order chi connectivity index (χ1) is 5.31. The number of halogens is 1. The summed E-state index contributed by atoms with van der Waals surface area (Å²) in [4.78, 5) is 0. The van der Waals surface area contributed by atoms with Gasteiger partial charge in [0.15, 0.2) is 0 Å². The zero-order valence-corrected chi connectivity index (χ0v) is 11.3. The maximum absolute atomic E-state index is 3.63. The topological polar surface area (TPSA) is 0 Å². The second-order valence-electron chi connectivity index (χ2n) is 2.50. The predicted molar refractivity (Wildman–Crippen MR) is 57.4 cm³/mol. The standard InChI is InChI=1S/C9H17BrTe/c1-3-5-7-9(10)11-8-6-4-2/h7H,3-6,8H2,1-2H3/b9-7-. The van der Waals surface area contributed by atoms with Gasteiger partial charge >= 0.3 is 89.5 Å². The van der Waals surface area contributed by atoms with Gasteiger partial charge in [-0.2, -0.15) is 0 Å². The van der Waals surface area contributed by atoms with Gasteiger partial charge in [0, 0.05) is 0 Å². The molecule has 0 amide bonds. The van der Waals surface area contributed by atoms with E-state index in [-0.39, 0.29) is 20.9 Å². The first-order valence-corrected chi connectivity index (χ1v) is 7.90. The van der Waals surface area contributed by atoms with Crippen LogP contribution >= 0.6 is 15.9 Å². The van der Waals surface area contributed by atoms with E-state index in [1.165, 1.54) is 32.7 Å². The van der Waals surface area contributed by atoms with Crippen LogP contribution in [0.4, 0.5) is 0 Å². The van der Waals surface area contributed by atoms with Crippen molar-refractivity contribution in [1.29, 1.82) is 0 Å². The molecular weight excluding hydrogens is 316 g/mol. The fourth-order valence-electron chi connectivity index (χ4n) is 0.631. The van der Waals surface area contributed by atoms with Gasteiger partial charge in [-0.1, -0.05) is 0 Å². The molecule has 0 radical (unpaired) electrons. The monoisotopic (exact) mass is 334 g/mol. The molecule has 0 atom stereocenters. The summed E-state index contributed by atoms with van der Waals surface area (Å²) in [5.41, 5.74) is 0. The van der Waals surface area contributed by atoms with Crippen molar-refractivity contribution < 1.29 is 0 Å². The van der Waals surface area contributed by atoms with E-state index >= 15 is 0 Å². The fraction of sp³-hybridized carbons (Fsp3) is 0.778. The molecule has 0 heterocycles. The Labute approximate surface area is 89.0 Å². The Balaban J connectivity index is 3.27. The van der Waals surface area contributed by atoms with Crippen LogP contribution in [0.5, 0.6) is 0 Å². The zero-order chi connectivity index (χ0) is 8.53. The van der Waals surface area contributed by atoms with E-state index in [4.69, 9.17) is 0 Å². The molecule has 0 aliphatic carbocycles. The summed E-state index contributed by atoms with van der Waals surface area (Å²) in [7, 11) is 0. The van der Waals surface area contributed by atoms with Crippen molar-refractivity contribution in [1.82, 2.24) is 0 Å². The van der Waals surface area contributed by atoms with Crippen LogP contribution in [0.25, 0.3) is 0 Å². The average molecular weight is 333 g/mol. The molecule has 0 rings (SSSR count). The predicted octanol–water partition coefficient (Wildman–Crippen LogP) is 3.95. The minimum absolute atomic E-state index is 0.156. The van der Waals surface area contributed by atoms with E-state index in [1.54, 1.807) is 0 Å². The molecule has 2 heteroatoms. The Morgan fingerprint density at radius 3 is 2.64 bits per heavy atom. The van der Waals surface area contributed by atoms with Crippen LogP contribution in [0.15, 0.2) is 8.61 Å². The molecule has 0 aromatic rings. The summed E-state index contributed by atoms with van der Waals surface area (Å²) in [5, 5.41) is 0. The second-order valence-corrected chi connectivity index (χ2v) is 8.23. The number of unbranched alkanes of at least 4 members (excludes halogenated alkanes) is 2. The van der Waals surface area contributed by atoms with E-state index in [0.29, 0.717) is 0 Å². The van der Waals surface area contributed by atoms with E-state index in [2.05, 4.69) is 35.9 Å². The van der Waals surface area contributed by atoms with Gasteiger partial charge in [0.05, 0.1) is 0 Å². The molecule has 0 N–H and O–H groups in total. The fourth-order valence-corrected chi connectivity index (χ4v) is 4.41. The van der Waals surface area contributed by atoms with Gasteiger partial charge in [0.25, 0.3) is 0 Å². The van der Waals surface area contributed by atoms with Crippen molar-refractivity contribution in [2.24, 2.45) is 0 Å². The molecule has 0 aromatic carbocycles. The van der Waals surface area contributed by atoms with Crippen LogP contribution in [0.1, 0.15) is 39.5 Å². The van der Waals surface area contributed by atoms with Gasteiger partial charge in [-0.15, -0.1) is 0 Å². The Hall–Kier alpha value is 1.01. The van der Waals surface area contributed by atoms with Gasteiger partial charge in [0.2, 0.25) is 0 Å². The number of rotatable bonds is 6. The van der Waals surface area contributed by atoms with Crippen molar-refractivity contribution in [3.05, 3.63) is 8.61 Å². The number of hydrogen-bond donors (Lipinski definition) is 0. The van der Waals surface area contributed by atoms with Gasteiger partial charge < -0.3 is 0 Å². The molecule has 0 aliphatic heterocycles. The van der Waals surface area contributed by atoms with E-state index in [1.807, 2.05) is 0 Å². The van der Waals surface area contributed by atoms with Crippen LogP contribution in [0.2, 0.25) is 4.47 Å². The van der Waals surface area contributed by atoms with Gasteiger partial charge in [0.1, 0.15) is 0 Å². The average Bonchev–Trinajstić information content (AvgIpc) is 2.01. The molecule has 0 unspecified atom stereocenters. The molecule has 66 valence electrons. The summed E-state index contributed by atoms with van der Waals surface area (Å²) >= 11 is 3.78. The van der Waals surface area contributed by atoms with Crippen molar-refractivity contribution in [3.63, 3.8) is 0 Å². The van der Waals surface area contributed by atoms with Crippen molar-refractivity contribution in [2.75, 3.05) is 0 Å². The molecule has 0 fully saturated rings. The molecule has 0 bridgehead atoms. The SMILES string of the molecule is CCC/C=C(/Br)[Te]CCCC. The van der Waals surface area contributed by atoms with Crippen LogP contribution in [-0.4, -0.2) is 20.9 Å². The molecular formula is C9H17BrTe. The third-order valence-corrected chi connectivity index (χ3v) is 5.86. The summed E-state index contributed by atoms with van der Waals surface area (Å²) in [6.45, 7) is 4.49. The van der Waals surface area contributed by atoms with Crippen molar-refractivity contribution in [2.45, 2.75) is 44.0 Å². The van der Waals surface area contributed by atoms with Gasteiger partial charge in [-0.05, 0) is 0 Å². The Morgan fingerprint density at radius 2 is 2.09 bits per heavy atom. The summed E-state index contributed by atoms with van der Waals surface area (Å²) < 4.78 is 2.99. The van der Waals surface area contributed by atoms with Crippen molar-refractivity contribution in [3.8, 4) is 0 Å². The normalized spacial score (nSPS) is 12.1. The molecule has 0 nitrogen and oxygen atoms in total. The third kappa shape index (κ3) is 8.92. The van der Waals surface area contributed by atoms with Crippen LogP contribution in [0, 0.1) is 0 Å². The summed E-state index contributed by atoms with van der Waals surface area (Å²) in [6.07, 6.45) is 7.64. The maximum atomic E-state index is 3.63. The first-order valence-electron chi connectivity index (χ1n) is 4.29. The molecule has 0 aliphatic rings. The molecule has 0 saturated carbocycles. The zero-order valence-electron chi connectivity index (χ0n) is 7.40. The minimum atomic E-state index is 0.156. The van der Waals surface area contributed by atoms with E-state index in [0.717, 1.165) is 0 Å². The molecule has 0 spiro atoms. The van der Waals surface area contributed by atoms with E-state index < -0.39 is 0 Å². The first kappa shape index (κ1) is 12.0. The van der Waals surface area contributed by atoms with Gasteiger partial charge in [-0.3, -0.25) is 0 Å². The summed E-state index contributed by atoms with van der Waals surface area (Å²) in [6, 6.07) is 0. The van der Waals surface area contributed by atoms with Crippen LogP contribution in [-0.2, 0) is 0 Å². The third-order valence-electron chi connectivity index (χ3n) is 1.33.